The van der Waals surface area contributed by atoms with Crippen LogP contribution >= 0.6 is 0 Å². The fraction of sp³-hybridized carbons (Fsp3) is 0.118. The third-order valence-electron chi connectivity index (χ3n) is 3.64. The van der Waals surface area contributed by atoms with Gasteiger partial charge < -0.3 is 24.3 Å². The molecule has 1 aliphatic rings. The van der Waals surface area contributed by atoms with E-state index in [2.05, 4.69) is 15.5 Å². The Balaban J connectivity index is 1.44. The number of phenolic OH excluding ortho intramolecular Hbond substituents is 1. The van der Waals surface area contributed by atoms with Gasteiger partial charge in [-0.3, -0.25) is 4.79 Å². The van der Waals surface area contributed by atoms with Gasteiger partial charge in [0.15, 0.2) is 11.5 Å². The Morgan fingerprint density at radius 2 is 2.00 bits per heavy atom. The molecule has 1 amide bonds. The van der Waals surface area contributed by atoms with Crippen LogP contribution in [0.4, 0.5) is 5.69 Å². The van der Waals surface area contributed by atoms with E-state index in [1.54, 1.807) is 30.3 Å². The summed E-state index contributed by atoms with van der Waals surface area (Å²) in [5.74, 6) is 0.918. The van der Waals surface area contributed by atoms with Crippen molar-refractivity contribution in [2.45, 2.75) is 6.10 Å². The maximum Gasteiger partial charge on any atom is 0.269 e. The molecule has 0 fully saturated rings. The summed E-state index contributed by atoms with van der Waals surface area (Å²) < 4.78 is 16.2. The average Bonchev–Trinajstić information content (AvgIpc) is 3.16. The maximum absolute atomic E-state index is 12.4. The highest BCUT2D eigenvalue weighted by Gasteiger charge is 2.27. The third kappa shape index (κ3) is 3.09. The largest absolute Gasteiger partial charge is 0.508 e. The molecular formula is C17H13N3O5. The van der Waals surface area contributed by atoms with E-state index in [-0.39, 0.29) is 18.3 Å². The highest BCUT2D eigenvalue weighted by Crippen LogP contribution is 2.34. The molecule has 0 saturated heterocycles. The highest BCUT2D eigenvalue weighted by molar-refractivity contribution is 5.94. The third-order valence-corrected chi connectivity index (χ3v) is 3.64. The number of rotatable bonds is 3. The van der Waals surface area contributed by atoms with Gasteiger partial charge >= 0.3 is 0 Å². The number of carbonyl (C=O) groups excluding carboxylic acids is 1. The van der Waals surface area contributed by atoms with Crippen molar-refractivity contribution >= 4 is 11.6 Å². The summed E-state index contributed by atoms with van der Waals surface area (Å²) in [6.45, 7) is 0.0870. The van der Waals surface area contributed by atoms with Crippen molar-refractivity contribution in [2.24, 2.45) is 0 Å². The SMILES string of the molecule is O=C(Nc1ccc(-c2nnco2)cc1)C1COc2ccc(O)cc2O1. The van der Waals surface area contributed by atoms with Crippen LogP contribution in [-0.2, 0) is 4.79 Å². The molecule has 3 aromatic rings. The van der Waals surface area contributed by atoms with Crippen molar-refractivity contribution in [1.82, 2.24) is 10.2 Å². The van der Waals surface area contributed by atoms with Gasteiger partial charge in [-0.2, -0.15) is 0 Å². The topological polar surface area (TPSA) is 107 Å². The number of nitrogens with zero attached hydrogens (tertiary/aromatic N) is 2. The summed E-state index contributed by atoms with van der Waals surface area (Å²) in [5.41, 5.74) is 1.34. The number of carbonyl (C=O) groups is 1. The number of anilines is 1. The number of phenols is 1. The number of aromatic nitrogens is 2. The van der Waals surface area contributed by atoms with Crippen LogP contribution in [0.3, 0.4) is 0 Å². The van der Waals surface area contributed by atoms with Crippen molar-refractivity contribution in [3.8, 4) is 28.7 Å². The summed E-state index contributed by atoms with van der Waals surface area (Å²) >= 11 is 0. The van der Waals surface area contributed by atoms with Gasteiger partial charge in [-0.1, -0.05) is 0 Å². The van der Waals surface area contributed by atoms with E-state index in [0.29, 0.717) is 23.1 Å². The number of ether oxygens (including phenoxy) is 2. The van der Waals surface area contributed by atoms with Crippen molar-refractivity contribution < 1.29 is 23.8 Å². The molecule has 8 heteroatoms. The lowest BCUT2D eigenvalue weighted by Gasteiger charge is -2.25. The van der Waals surface area contributed by atoms with Gasteiger partial charge in [0, 0.05) is 17.3 Å². The molecule has 0 aliphatic carbocycles. The van der Waals surface area contributed by atoms with Gasteiger partial charge in [0.05, 0.1) is 0 Å². The van der Waals surface area contributed by atoms with Crippen molar-refractivity contribution in [3.05, 3.63) is 48.9 Å². The van der Waals surface area contributed by atoms with E-state index in [4.69, 9.17) is 13.9 Å². The van der Waals surface area contributed by atoms with Gasteiger partial charge in [-0.15, -0.1) is 10.2 Å². The Hall–Kier alpha value is -3.55. The van der Waals surface area contributed by atoms with Crippen LogP contribution < -0.4 is 14.8 Å². The second-order valence-electron chi connectivity index (χ2n) is 5.36. The predicted octanol–water partition coefficient (Wildman–Crippen LogP) is 2.22. The fourth-order valence-corrected chi connectivity index (χ4v) is 2.41. The zero-order chi connectivity index (χ0) is 17.2. The number of hydrogen-bond donors (Lipinski definition) is 2. The Morgan fingerprint density at radius 3 is 2.76 bits per heavy atom. The summed E-state index contributed by atoms with van der Waals surface area (Å²) in [6.07, 6.45) is 0.436. The molecule has 0 spiro atoms. The quantitative estimate of drug-likeness (QED) is 0.753. The zero-order valence-electron chi connectivity index (χ0n) is 12.9. The molecule has 2 heterocycles. The molecule has 1 aliphatic heterocycles. The molecule has 2 N–H and O–H groups in total. The highest BCUT2D eigenvalue weighted by atomic mass is 16.6. The first-order valence-corrected chi connectivity index (χ1v) is 7.49. The second-order valence-corrected chi connectivity index (χ2v) is 5.36. The van der Waals surface area contributed by atoms with E-state index < -0.39 is 6.10 Å². The lowest BCUT2D eigenvalue weighted by molar-refractivity contribution is -0.125. The van der Waals surface area contributed by atoms with Crippen LogP contribution in [0, 0.1) is 0 Å². The molecule has 4 rings (SSSR count). The van der Waals surface area contributed by atoms with E-state index >= 15 is 0 Å². The predicted molar refractivity (Wildman–Crippen MR) is 86.4 cm³/mol. The molecule has 1 atom stereocenters. The van der Waals surface area contributed by atoms with Crippen LogP contribution in [-0.4, -0.2) is 33.9 Å². The lowest BCUT2D eigenvalue weighted by Crippen LogP contribution is -2.40. The first kappa shape index (κ1) is 15.0. The monoisotopic (exact) mass is 339 g/mol. The zero-order valence-corrected chi connectivity index (χ0v) is 12.9. The van der Waals surface area contributed by atoms with Crippen LogP contribution in [0.15, 0.2) is 53.3 Å². The van der Waals surface area contributed by atoms with Crippen molar-refractivity contribution in [1.29, 1.82) is 0 Å². The smallest absolute Gasteiger partial charge is 0.269 e. The summed E-state index contributed by atoms with van der Waals surface area (Å²) in [4.78, 5) is 12.4. The van der Waals surface area contributed by atoms with Crippen LogP contribution in [0.5, 0.6) is 17.2 Å². The van der Waals surface area contributed by atoms with E-state index in [1.807, 2.05) is 0 Å². The average molecular weight is 339 g/mol. The van der Waals surface area contributed by atoms with Gasteiger partial charge in [-0.05, 0) is 36.4 Å². The number of nitrogens with one attached hydrogen (secondary N) is 1. The van der Waals surface area contributed by atoms with E-state index in [1.165, 1.54) is 18.5 Å². The van der Waals surface area contributed by atoms with E-state index in [9.17, 15) is 9.90 Å². The Kier molecular flexibility index (Phi) is 3.70. The molecule has 0 radical (unpaired) electrons. The Bertz CT molecular complexity index is 893. The summed E-state index contributed by atoms with van der Waals surface area (Å²) in [5, 5.41) is 19.7. The summed E-state index contributed by atoms with van der Waals surface area (Å²) in [6, 6.07) is 11.5. The molecule has 1 unspecified atom stereocenters. The molecule has 2 aromatic carbocycles. The van der Waals surface area contributed by atoms with Crippen LogP contribution in [0.25, 0.3) is 11.5 Å². The molecule has 0 saturated carbocycles. The molecule has 1 aromatic heterocycles. The van der Waals surface area contributed by atoms with E-state index in [0.717, 1.165) is 5.56 Å². The van der Waals surface area contributed by atoms with Crippen molar-refractivity contribution in [3.63, 3.8) is 0 Å². The number of aromatic hydroxyl groups is 1. The minimum Gasteiger partial charge on any atom is -0.508 e. The number of amides is 1. The maximum atomic E-state index is 12.4. The fourth-order valence-electron chi connectivity index (χ4n) is 2.41. The van der Waals surface area contributed by atoms with Gasteiger partial charge in [0.25, 0.3) is 5.91 Å². The minimum absolute atomic E-state index is 0.0417. The number of benzene rings is 2. The van der Waals surface area contributed by atoms with Crippen LogP contribution in [0.2, 0.25) is 0 Å². The van der Waals surface area contributed by atoms with Crippen LogP contribution in [0.1, 0.15) is 0 Å². The minimum atomic E-state index is -0.815. The lowest BCUT2D eigenvalue weighted by atomic mass is 10.2. The standard InChI is InChI=1S/C17H13N3O5/c21-12-5-6-13-14(7-12)25-15(8-23-13)16(22)19-11-3-1-10(2-4-11)17-20-18-9-24-17/h1-7,9,15,21H,8H2,(H,19,22). The van der Waals surface area contributed by atoms with Crippen molar-refractivity contribution in [2.75, 3.05) is 11.9 Å². The Morgan fingerprint density at radius 1 is 1.16 bits per heavy atom. The van der Waals surface area contributed by atoms with Gasteiger partial charge in [0.2, 0.25) is 18.4 Å². The van der Waals surface area contributed by atoms with Gasteiger partial charge in [0.1, 0.15) is 12.4 Å². The molecule has 0 bridgehead atoms. The second kappa shape index (κ2) is 6.16. The number of fused-ring (bicyclic) bond motifs is 1. The number of hydrogen-bond acceptors (Lipinski definition) is 7. The first-order chi connectivity index (χ1) is 12.2. The molecule has 8 nitrogen and oxygen atoms in total. The molecule has 25 heavy (non-hydrogen) atoms. The Labute approximate surface area is 142 Å². The summed E-state index contributed by atoms with van der Waals surface area (Å²) in [7, 11) is 0. The normalized spacial score (nSPS) is 15.6. The van der Waals surface area contributed by atoms with Gasteiger partial charge in [-0.25, -0.2) is 0 Å². The first-order valence-electron chi connectivity index (χ1n) is 7.49. The molecular weight excluding hydrogens is 326 g/mol. The molecule has 126 valence electrons.